The quantitative estimate of drug-likeness (QED) is 0.400. The Labute approximate surface area is 157 Å². The van der Waals surface area contributed by atoms with E-state index >= 15 is 0 Å². The molecular weight excluding hydrogens is 370 g/mol. The van der Waals surface area contributed by atoms with Gasteiger partial charge in [-0.15, -0.1) is 0 Å². The number of carbonyl (C=O) groups excluding carboxylic acids is 1. The van der Waals surface area contributed by atoms with E-state index in [2.05, 4.69) is 5.32 Å². The van der Waals surface area contributed by atoms with E-state index in [4.69, 9.17) is 14.3 Å². The molecule has 1 aromatic carbocycles. The average molecular weight is 389 g/mol. The number of hydrogen-bond acceptors (Lipinski definition) is 6. The second kappa shape index (κ2) is 9.14. The molecule has 0 saturated heterocycles. The normalized spacial score (nSPS) is 11.8. The Bertz CT molecular complexity index is 969. The second-order valence-electron chi connectivity index (χ2n) is 5.54. The summed E-state index contributed by atoms with van der Waals surface area (Å²) in [6, 6.07) is 11.0. The third kappa shape index (κ3) is 5.79. The molecule has 0 unspecified atom stereocenters. The van der Waals surface area contributed by atoms with E-state index < -0.39 is 15.9 Å². The number of amides is 1. The molecule has 1 aromatic heterocycles. The molecular formula is C18H19N3O5S. The van der Waals surface area contributed by atoms with Crippen molar-refractivity contribution < 1.29 is 22.4 Å². The first-order valence-corrected chi connectivity index (χ1v) is 9.52. The van der Waals surface area contributed by atoms with Crippen LogP contribution < -0.4 is 10.5 Å². The molecule has 142 valence electrons. The Morgan fingerprint density at radius 3 is 2.59 bits per heavy atom. The van der Waals surface area contributed by atoms with Gasteiger partial charge in [-0.3, -0.25) is 4.79 Å². The Morgan fingerprint density at radius 1 is 1.30 bits per heavy atom. The molecule has 0 radical (unpaired) electrons. The summed E-state index contributed by atoms with van der Waals surface area (Å²) in [5, 5.41) is 16.9. The first kappa shape index (κ1) is 20.4. The lowest BCUT2D eigenvalue weighted by atomic mass is 10.2. The molecule has 0 bridgehead atoms. The maximum atomic E-state index is 12.0. The molecule has 0 aliphatic rings. The van der Waals surface area contributed by atoms with Crippen molar-refractivity contribution in [2.75, 3.05) is 20.3 Å². The van der Waals surface area contributed by atoms with E-state index in [1.54, 1.807) is 31.4 Å². The van der Waals surface area contributed by atoms with Crippen molar-refractivity contribution >= 4 is 22.0 Å². The highest BCUT2D eigenvalue weighted by Crippen LogP contribution is 2.24. The van der Waals surface area contributed by atoms with E-state index in [1.807, 2.05) is 6.07 Å². The Kier molecular flexibility index (Phi) is 6.90. The van der Waals surface area contributed by atoms with E-state index in [1.165, 1.54) is 18.2 Å². The maximum absolute atomic E-state index is 12.0. The number of carbonyl (C=O) groups is 1. The molecule has 1 amide bonds. The van der Waals surface area contributed by atoms with Gasteiger partial charge in [0.15, 0.2) is 0 Å². The number of primary sulfonamides is 1. The van der Waals surface area contributed by atoms with Gasteiger partial charge in [0.2, 0.25) is 10.0 Å². The van der Waals surface area contributed by atoms with Gasteiger partial charge in [0.05, 0.1) is 4.90 Å². The molecule has 8 nitrogen and oxygen atoms in total. The zero-order chi connectivity index (χ0) is 19.9. The minimum atomic E-state index is -3.77. The Balaban J connectivity index is 2.12. The maximum Gasteiger partial charge on any atom is 0.262 e. The number of furan rings is 1. The Hall–Kier alpha value is -2.93. The van der Waals surface area contributed by atoms with Gasteiger partial charge in [-0.05, 0) is 42.8 Å². The topological polar surface area (TPSA) is 135 Å². The van der Waals surface area contributed by atoms with Gasteiger partial charge >= 0.3 is 0 Å². The third-order valence-corrected chi connectivity index (χ3v) is 4.49. The molecule has 9 heteroatoms. The molecule has 2 rings (SSSR count). The van der Waals surface area contributed by atoms with Gasteiger partial charge in [-0.1, -0.05) is 0 Å². The molecule has 2 aromatic rings. The van der Waals surface area contributed by atoms with Crippen molar-refractivity contribution in [1.29, 1.82) is 5.26 Å². The van der Waals surface area contributed by atoms with Crippen LogP contribution in [0.1, 0.15) is 12.2 Å². The lowest BCUT2D eigenvalue weighted by Gasteiger charge is -2.03. The van der Waals surface area contributed by atoms with Crippen LogP contribution in [-0.2, 0) is 19.6 Å². The minimum Gasteiger partial charge on any atom is -0.457 e. The van der Waals surface area contributed by atoms with E-state index in [9.17, 15) is 18.5 Å². The van der Waals surface area contributed by atoms with E-state index in [-0.39, 0.29) is 10.5 Å². The van der Waals surface area contributed by atoms with Crippen LogP contribution in [0.2, 0.25) is 0 Å². The van der Waals surface area contributed by atoms with Gasteiger partial charge in [0.1, 0.15) is 23.2 Å². The fourth-order valence-corrected chi connectivity index (χ4v) is 2.71. The summed E-state index contributed by atoms with van der Waals surface area (Å²) in [4.78, 5) is 12.0. The lowest BCUT2D eigenvalue weighted by Crippen LogP contribution is -2.26. The summed E-state index contributed by atoms with van der Waals surface area (Å²) in [5.41, 5.74) is 0.544. The van der Waals surface area contributed by atoms with Crippen molar-refractivity contribution in [2.45, 2.75) is 11.3 Å². The number of nitriles is 1. The first-order chi connectivity index (χ1) is 12.8. The molecule has 0 fully saturated rings. The summed E-state index contributed by atoms with van der Waals surface area (Å²) in [6.45, 7) is 0.906. The summed E-state index contributed by atoms with van der Waals surface area (Å²) in [6.07, 6.45) is 1.98. The molecule has 0 aliphatic carbocycles. The number of sulfonamides is 1. The van der Waals surface area contributed by atoms with Crippen LogP contribution in [0.15, 0.2) is 51.3 Å². The van der Waals surface area contributed by atoms with Crippen LogP contribution in [0.4, 0.5) is 0 Å². The van der Waals surface area contributed by atoms with Crippen LogP contribution >= 0.6 is 0 Å². The van der Waals surface area contributed by atoms with Crippen LogP contribution in [0.5, 0.6) is 0 Å². The van der Waals surface area contributed by atoms with Crippen LogP contribution in [0.25, 0.3) is 17.4 Å². The molecule has 0 aliphatic heterocycles. The van der Waals surface area contributed by atoms with Crippen LogP contribution in [0.3, 0.4) is 0 Å². The van der Waals surface area contributed by atoms with Gasteiger partial charge in [0, 0.05) is 31.9 Å². The molecule has 3 N–H and O–H groups in total. The number of benzene rings is 1. The van der Waals surface area contributed by atoms with E-state index in [0.717, 1.165) is 0 Å². The average Bonchev–Trinajstić information content (AvgIpc) is 3.11. The van der Waals surface area contributed by atoms with Crippen molar-refractivity contribution in [1.82, 2.24) is 5.32 Å². The fourth-order valence-electron chi connectivity index (χ4n) is 2.20. The SMILES string of the molecule is COCCCNC(=O)/C(C#N)=C\c1ccc(-c2ccc(S(N)(=O)=O)cc2)o1. The minimum absolute atomic E-state index is 0.00478. The molecule has 27 heavy (non-hydrogen) atoms. The summed E-state index contributed by atoms with van der Waals surface area (Å²) >= 11 is 0. The van der Waals surface area contributed by atoms with Crippen molar-refractivity contribution in [3.63, 3.8) is 0 Å². The number of methoxy groups -OCH3 is 1. The molecule has 0 atom stereocenters. The van der Waals surface area contributed by atoms with Crippen molar-refractivity contribution in [3.05, 3.63) is 47.7 Å². The van der Waals surface area contributed by atoms with Gasteiger partial charge in [0.25, 0.3) is 5.91 Å². The zero-order valence-corrected chi connectivity index (χ0v) is 15.5. The lowest BCUT2D eigenvalue weighted by molar-refractivity contribution is -0.117. The largest absolute Gasteiger partial charge is 0.457 e. The van der Waals surface area contributed by atoms with Crippen molar-refractivity contribution in [3.8, 4) is 17.4 Å². The third-order valence-electron chi connectivity index (χ3n) is 3.56. The summed E-state index contributed by atoms with van der Waals surface area (Å²) in [5.74, 6) is 0.285. The van der Waals surface area contributed by atoms with Crippen LogP contribution in [-0.4, -0.2) is 34.6 Å². The number of rotatable bonds is 8. The highest BCUT2D eigenvalue weighted by molar-refractivity contribution is 7.89. The van der Waals surface area contributed by atoms with Gasteiger partial charge in [-0.25, -0.2) is 13.6 Å². The number of nitrogens with two attached hydrogens (primary N) is 1. The summed E-state index contributed by atoms with van der Waals surface area (Å²) < 4.78 is 33.1. The van der Waals surface area contributed by atoms with Gasteiger partial charge in [-0.2, -0.15) is 5.26 Å². The predicted octanol–water partition coefficient (Wildman–Crippen LogP) is 1.65. The number of hydrogen-bond donors (Lipinski definition) is 2. The van der Waals surface area contributed by atoms with Crippen LogP contribution in [0, 0.1) is 11.3 Å². The summed E-state index contributed by atoms with van der Waals surface area (Å²) in [7, 11) is -2.20. The highest BCUT2D eigenvalue weighted by atomic mass is 32.2. The monoisotopic (exact) mass is 389 g/mol. The predicted molar refractivity (Wildman–Crippen MR) is 98.6 cm³/mol. The Morgan fingerprint density at radius 2 is 2.00 bits per heavy atom. The molecule has 1 heterocycles. The number of nitrogens with zero attached hydrogens (tertiary/aromatic N) is 1. The zero-order valence-electron chi connectivity index (χ0n) is 14.6. The van der Waals surface area contributed by atoms with Gasteiger partial charge < -0.3 is 14.5 Å². The molecule has 0 spiro atoms. The smallest absolute Gasteiger partial charge is 0.262 e. The first-order valence-electron chi connectivity index (χ1n) is 7.97. The fraction of sp³-hybridized carbons (Fsp3) is 0.222. The number of ether oxygens (including phenoxy) is 1. The second-order valence-corrected chi connectivity index (χ2v) is 7.10. The van der Waals surface area contributed by atoms with E-state index in [0.29, 0.717) is 36.7 Å². The standard InChI is InChI=1S/C18H19N3O5S/c1-25-10-2-9-21-18(22)14(12-19)11-15-5-8-17(26-15)13-3-6-16(7-4-13)27(20,23)24/h3-8,11H,2,9-10H2,1H3,(H,21,22)(H2,20,23,24)/b14-11-. The highest BCUT2D eigenvalue weighted by Gasteiger charge is 2.12. The number of nitrogens with one attached hydrogen (secondary N) is 1. The van der Waals surface area contributed by atoms with Crippen molar-refractivity contribution in [2.24, 2.45) is 5.14 Å². The molecule has 0 saturated carbocycles.